The maximum atomic E-state index is 5.76. The van der Waals surface area contributed by atoms with Crippen molar-refractivity contribution in [1.82, 2.24) is 0 Å². The Morgan fingerprint density at radius 3 is 2.45 bits per heavy atom. The summed E-state index contributed by atoms with van der Waals surface area (Å²) in [6, 6.07) is 13.4. The Labute approximate surface area is 124 Å². The molecule has 0 radical (unpaired) electrons. The molecule has 2 N–H and O–H groups in total. The zero-order valence-corrected chi connectivity index (χ0v) is 12.4. The molecule has 4 heteroatoms. The van der Waals surface area contributed by atoms with Crippen molar-refractivity contribution in [2.75, 3.05) is 7.11 Å². The van der Waals surface area contributed by atoms with Crippen molar-refractivity contribution < 1.29 is 9.47 Å². The van der Waals surface area contributed by atoms with Crippen LogP contribution in [0.15, 0.2) is 42.5 Å². The second kappa shape index (κ2) is 6.39. The highest BCUT2D eigenvalue weighted by molar-refractivity contribution is 7.80. The molecule has 2 rings (SSSR count). The second-order valence-corrected chi connectivity index (χ2v) is 4.93. The van der Waals surface area contributed by atoms with E-state index in [0.29, 0.717) is 11.6 Å². The fourth-order valence-corrected chi connectivity index (χ4v) is 2.03. The van der Waals surface area contributed by atoms with Crippen LogP contribution in [0, 0.1) is 6.92 Å². The number of hydrogen-bond acceptors (Lipinski definition) is 3. The highest BCUT2D eigenvalue weighted by Gasteiger charge is 2.04. The molecule has 0 aromatic heterocycles. The third-order valence-corrected chi connectivity index (χ3v) is 3.20. The Kier molecular flexibility index (Phi) is 4.58. The van der Waals surface area contributed by atoms with E-state index in [0.717, 1.165) is 22.6 Å². The van der Waals surface area contributed by atoms with Crippen LogP contribution in [0.4, 0.5) is 0 Å². The largest absolute Gasteiger partial charge is 0.496 e. The molecule has 0 saturated heterocycles. The molecule has 0 unspecified atom stereocenters. The molecular formula is C16H17NO2S. The normalized spacial score (nSPS) is 10.1. The molecule has 0 spiro atoms. The van der Waals surface area contributed by atoms with Gasteiger partial charge in [-0.2, -0.15) is 0 Å². The van der Waals surface area contributed by atoms with Crippen LogP contribution in [0.2, 0.25) is 0 Å². The lowest BCUT2D eigenvalue weighted by atomic mass is 10.1. The number of ether oxygens (including phenoxy) is 2. The number of hydrogen-bond donors (Lipinski definition) is 1. The molecule has 0 saturated carbocycles. The number of aryl methyl sites for hydroxylation is 1. The van der Waals surface area contributed by atoms with Crippen molar-refractivity contribution in [1.29, 1.82) is 0 Å². The van der Waals surface area contributed by atoms with E-state index in [1.165, 1.54) is 5.56 Å². The topological polar surface area (TPSA) is 44.5 Å². The third kappa shape index (κ3) is 3.48. The molecule has 0 aliphatic heterocycles. The molecule has 0 atom stereocenters. The molecule has 104 valence electrons. The van der Waals surface area contributed by atoms with Crippen LogP contribution in [0.5, 0.6) is 11.5 Å². The molecule has 0 bridgehead atoms. The van der Waals surface area contributed by atoms with Gasteiger partial charge in [0.1, 0.15) is 23.1 Å². The minimum Gasteiger partial charge on any atom is -0.496 e. The Morgan fingerprint density at radius 2 is 1.85 bits per heavy atom. The zero-order chi connectivity index (χ0) is 14.5. The van der Waals surface area contributed by atoms with Gasteiger partial charge < -0.3 is 15.2 Å². The molecule has 2 aromatic carbocycles. The smallest absolute Gasteiger partial charge is 0.125 e. The van der Waals surface area contributed by atoms with Crippen LogP contribution in [-0.2, 0) is 6.61 Å². The first-order valence-corrected chi connectivity index (χ1v) is 6.67. The fraction of sp³-hybridized carbons (Fsp3) is 0.188. The van der Waals surface area contributed by atoms with E-state index in [1.807, 2.05) is 43.3 Å². The van der Waals surface area contributed by atoms with Crippen molar-refractivity contribution in [3.05, 3.63) is 59.2 Å². The zero-order valence-electron chi connectivity index (χ0n) is 11.6. The number of nitrogens with two attached hydrogens (primary N) is 1. The molecule has 20 heavy (non-hydrogen) atoms. The molecule has 0 aliphatic rings. The first-order chi connectivity index (χ1) is 9.60. The Bertz CT molecular complexity index is 608. The van der Waals surface area contributed by atoms with Crippen molar-refractivity contribution in [3.8, 4) is 11.5 Å². The number of methoxy groups -OCH3 is 1. The van der Waals surface area contributed by atoms with Gasteiger partial charge in [-0.1, -0.05) is 23.8 Å². The van der Waals surface area contributed by atoms with Crippen LogP contribution in [0.3, 0.4) is 0 Å². The quantitative estimate of drug-likeness (QED) is 0.858. The van der Waals surface area contributed by atoms with E-state index in [1.54, 1.807) is 7.11 Å². The van der Waals surface area contributed by atoms with Gasteiger partial charge in [-0.25, -0.2) is 0 Å². The van der Waals surface area contributed by atoms with Crippen molar-refractivity contribution in [2.45, 2.75) is 13.5 Å². The number of rotatable bonds is 5. The Hall–Kier alpha value is -2.07. The van der Waals surface area contributed by atoms with E-state index in [9.17, 15) is 0 Å². The summed E-state index contributed by atoms with van der Waals surface area (Å²) in [5, 5.41) is 0. The summed E-state index contributed by atoms with van der Waals surface area (Å²) in [6.07, 6.45) is 0. The van der Waals surface area contributed by atoms with Gasteiger partial charge >= 0.3 is 0 Å². The first kappa shape index (κ1) is 14.3. The van der Waals surface area contributed by atoms with Crippen LogP contribution in [0.25, 0.3) is 0 Å². The lowest BCUT2D eigenvalue weighted by molar-refractivity contribution is 0.296. The molecule has 0 aliphatic carbocycles. The van der Waals surface area contributed by atoms with Gasteiger partial charge in [-0.15, -0.1) is 0 Å². The summed E-state index contributed by atoms with van der Waals surface area (Å²) >= 11 is 4.91. The monoisotopic (exact) mass is 287 g/mol. The minimum absolute atomic E-state index is 0.386. The van der Waals surface area contributed by atoms with Gasteiger partial charge in [-0.3, -0.25) is 0 Å². The minimum atomic E-state index is 0.386. The van der Waals surface area contributed by atoms with Crippen LogP contribution in [-0.4, -0.2) is 12.1 Å². The maximum Gasteiger partial charge on any atom is 0.125 e. The summed E-state index contributed by atoms with van der Waals surface area (Å²) in [6.45, 7) is 2.50. The van der Waals surface area contributed by atoms with Gasteiger partial charge in [0.05, 0.1) is 7.11 Å². The van der Waals surface area contributed by atoms with Crippen LogP contribution < -0.4 is 15.2 Å². The fourth-order valence-electron chi connectivity index (χ4n) is 1.90. The average molecular weight is 287 g/mol. The third-order valence-electron chi connectivity index (χ3n) is 2.97. The maximum absolute atomic E-state index is 5.76. The first-order valence-electron chi connectivity index (χ1n) is 6.26. The van der Waals surface area contributed by atoms with Crippen molar-refractivity contribution >= 4 is 17.2 Å². The van der Waals surface area contributed by atoms with Crippen molar-refractivity contribution in [3.63, 3.8) is 0 Å². The van der Waals surface area contributed by atoms with Gasteiger partial charge in [0.25, 0.3) is 0 Å². The van der Waals surface area contributed by atoms with E-state index < -0.39 is 0 Å². The second-order valence-electron chi connectivity index (χ2n) is 4.49. The van der Waals surface area contributed by atoms with Gasteiger partial charge in [0.2, 0.25) is 0 Å². The molecule has 0 amide bonds. The highest BCUT2D eigenvalue weighted by Crippen LogP contribution is 2.22. The van der Waals surface area contributed by atoms with Gasteiger partial charge in [-0.05, 0) is 43.3 Å². The SMILES string of the molecule is COc1ccc(C)cc1COc1ccc(C(N)=S)cc1. The Balaban J connectivity index is 2.08. The molecular weight excluding hydrogens is 270 g/mol. The standard InChI is InChI=1S/C16H17NO2S/c1-11-3-8-15(18-2)13(9-11)10-19-14-6-4-12(5-7-14)16(17)20/h3-9H,10H2,1-2H3,(H2,17,20). The van der Waals surface area contributed by atoms with Crippen LogP contribution >= 0.6 is 12.2 Å². The van der Waals surface area contributed by atoms with Crippen molar-refractivity contribution in [2.24, 2.45) is 5.73 Å². The van der Waals surface area contributed by atoms with E-state index in [-0.39, 0.29) is 0 Å². The summed E-state index contributed by atoms with van der Waals surface area (Å²) in [5.41, 5.74) is 8.58. The van der Waals surface area contributed by atoms with Gasteiger partial charge in [0.15, 0.2) is 0 Å². The summed E-state index contributed by atoms with van der Waals surface area (Å²) in [7, 11) is 1.66. The van der Waals surface area contributed by atoms with Crippen LogP contribution in [0.1, 0.15) is 16.7 Å². The highest BCUT2D eigenvalue weighted by atomic mass is 32.1. The molecule has 0 heterocycles. The van der Waals surface area contributed by atoms with E-state index in [4.69, 9.17) is 27.4 Å². The number of benzene rings is 2. The predicted octanol–water partition coefficient (Wildman–Crippen LogP) is 3.22. The summed E-state index contributed by atoms with van der Waals surface area (Å²) in [4.78, 5) is 0.386. The molecule has 2 aromatic rings. The predicted molar refractivity (Wildman–Crippen MR) is 84.4 cm³/mol. The van der Waals surface area contributed by atoms with Gasteiger partial charge in [0, 0.05) is 11.1 Å². The lowest BCUT2D eigenvalue weighted by Gasteiger charge is -2.11. The summed E-state index contributed by atoms with van der Waals surface area (Å²) < 4.78 is 11.1. The average Bonchev–Trinajstić information content (AvgIpc) is 2.45. The van der Waals surface area contributed by atoms with E-state index >= 15 is 0 Å². The lowest BCUT2D eigenvalue weighted by Crippen LogP contribution is -2.08. The Morgan fingerprint density at radius 1 is 1.15 bits per heavy atom. The summed E-state index contributed by atoms with van der Waals surface area (Å²) in [5.74, 6) is 1.60. The molecule has 0 fully saturated rings. The number of thiocarbonyl (C=S) groups is 1. The molecule has 3 nitrogen and oxygen atoms in total. The van der Waals surface area contributed by atoms with E-state index in [2.05, 4.69) is 6.07 Å².